The van der Waals surface area contributed by atoms with Crippen LogP contribution in [-0.2, 0) is 11.3 Å². The Hall–Kier alpha value is -0.450. The van der Waals surface area contributed by atoms with Gasteiger partial charge in [0.15, 0.2) is 0 Å². The SMILES string of the molecule is CNCc1sc(C2CCOCC2)nc1C(C)C. The van der Waals surface area contributed by atoms with E-state index in [9.17, 15) is 0 Å². The van der Waals surface area contributed by atoms with Gasteiger partial charge in [-0.3, -0.25) is 0 Å². The second kappa shape index (κ2) is 5.94. The lowest BCUT2D eigenvalue weighted by Crippen LogP contribution is -2.13. The third-order valence-electron chi connectivity index (χ3n) is 3.20. The van der Waals surface area contributed by atoms with Gasteiger partial charge < -0.3 is 10.1 Å². The Morgan fingerprint density at radius 1 is 1.41 bits per heavy atom. The van der Waals surface area contributed by atoms with Gasteiger partial charge in [-0.1, -0.05) is 13.8 Å². The molecule has 4 heteroatoms. The van der Waals surface area contributed by atoms with Crippen LogP contribution in [0.2, 0.25) is 0 Å². The van der Waals surface area contributed by atoms with Crippen molar-refractivity contribution in [2.45, 2.75) is 45.1 Å². The summed E-state index contributed by atoms with van der Waals surface area (Å²) in [7, 11) is 2.00. The first-order valence-corrected chi connectivity index (χ1v) is 7.25. The molecule has 0 aromatic carbocycles. The second-order valence-electron chi connectivity index (χ2n) is 4.93. The first kappa shape index (κ1) is 13.0. The maximum Gasteiger partial charge on any atom is 0.0964 e. The quantitative estimate of drug-likeness (QED) is 0.897. The van der Waals surface area contributed by atoms with Crippen molar-refractivity contribution in [2.75, 3.05) is 20.3 Å². The van der Waals surface area contributed by atoms with Gasteiger partial charge in [-0.2, -0.15) is 0 Å². The Labute approximate surface area is 108 Å². The largest absolute Gasteiger partial charge is 0.381 e. The lowest BCUT2D eigenvalue weighted by molar-refractivity contribution is 0.0852. The second-order valence-corrected chi connectivity index (χ2v) is 6.05. The van der Waals surface area contributed by atoms with E-state index in [2.05, 4.69) is 19.2 Å². The number of hydrogen-bond acceptors (Lipinski definition) is 4. The number of nitrogens with zero attached hydrogens (tertiary/aromatic N) is 1. The van der Waals surface area contributed by atoms with Crippen LogP contribution < -0.4 is 5.32 Å². The Bertz CT molecular complexity index is 356. The van der Waals surface area contributed by atoms with E-state index in [1.165, 1.54) is 15.6 Å². The molecule has 3 nitrogen and oxygen atoms in total. The standard InChI is InChI=1S/C13H22N2OS/c1-9(2)12-11(8-14-3)17-13(15-12)10-4-6-16-7-5-10/h9-10,14H,4-8H2,1-3H3. The molecule has 1 aromatic rings. The highest BCUT2D eigenvalue weighted by molar-refractivity contribution is 7.11. The van der Waals surface area contributed by atoms with E-state index in [0.717, 1.165) is 32.6 Å². The maximum absolute atomic E-state index is 5.42. The van der Waals surface area contributed by atoms with Crippen molar-refractivity contribution in [3.05, 3.63) is 15.6 Å². The summed E-state index contributed by atoms with van der Waals surface area (Å²) in [6.07, 6.45) is 2.26. The summed E-state index contributed by atoms with van der Waals surface area (Å²) in [6.45, 7) is 7.17. The molecule has 1 N–H and O–H groups in total. The topological polar surface area (TPSA) is 34.1 Å². The number of thiazole rings is 1. The fraction of sp³-hybridized carbons (Fsp3) is 0.769. The Balaban J connectivity index is 2.19. The molecule has 1 saturated heterocycles. The lowest BCUT2D eigenvalue weighted by atomic mass is 10.0. The van der Waals surface area contributed by atoms with Crippen LogP contribution in [0.1, 0.15) is 54.1 Å². The predicted octanol–water partition coefficient (Wildman–Crippen LogP) is 2.88. The molecule has 0 aliphatic carbocycles. The summed E-state index contributed by atoms with van der Waals surface area (Å²) < 4.78 is 5.42. The number of ether oxygens (including phenoxy) is 1. The average Bonchev–Trinajstić information content (AvgIpc) is 2.75. The summed E-state index contributed by atoms with van der Waals surface area (Å²) in [4.78, 5) is 6.28. The highest BCUT2D eigenvalue weighted by Crippen LogP contribution is 2.34. The summed E-state index contributed by atoms with van der Waals surface area (Å²) in [6, 6.07) is 0. The molecule has 0 spiro atoms. The Morgan fingerprint density at radius 2 is 2.12 bits per heavy atom. The van der Waals surface area contributed by atoms with Gasteiger partial charge in [-0.15, -0.1) is 11.3 Å². The highest BCUT2D eigenvalue weighted by Gasteiger charge is 2.22. The van der Waals surface area contributed by atoms with Crippen LogP contribution in [0.4, 0.5) is 0 Å². The van der Waals surface area contributed by atoms with E-state index in [4.69, 9.17) is 9.72 Å². The first-order chi connectivity index (χ1) is 8.22. The zero-order chi connectivity index (χ0) is 12.3. The van der Waals surface area contributed by atoms with E-state index in [1.807, 2.05) is 18.4 Å². The van der Waals surface area contributed by atoms with Crippen molar-refractivity contribution in [3.8, 4) is 0 Å². The molecular formula is C13H22N2OS. The molecule has 1 fully saturated rings. The molecule has 0 bridgehead atoms. The maximum atomic E-state index is 5.42. The molecule has 96 valence electrons. The molecule has 0 unspecified atom stereocenters. The summed E-state index contributed by atoms with van der Waals surface area (Å²) >= 11 is 1.89. The fourth-order valence-electron chi connectivity index (χ4n) is 2.24. The fourth-order valence-corrected chi connectivity index (χ4v) is 3.64. The molecule has 2 heterocycles. The number of rotatable bonds is 4. The minimum Gasteiger partial charge on any atom is -0.381 e. The summed E-state index contributed by atoms with van der Waals surface area (Å²) in [5.41, 5.74) is 1.28. The minimum absolute atomic E-state index is 0.517. The normalized spacial score (nSPS) is 17.9. The predicted molar refractivity (Wildman–Crippen MR) is 71.8 cm³/mol. The summed E-state index contributed by atoms with van der Waals surface area (Å²) in [5.74, 6) is 1.14. The molecule has 0 atom stereocenters. The van der Waals surface area contributed by atoms with Crippen LogP contribution in [-0.4, -0.2) is 25.2 Å². The van der Waals surface area contributed by atoms with Gasteiger partial charge in [0, 0.05) is 30.6 Å². The van der Waals surface area contributed by atoms with Gasteiger partial charge in [-0.25, -0.2) is 4.98 Å². The molecular weight excluding hydrogens is 232 g/mol. The van der Waals surface area contributed by atoms with Crippen molar-refractivity contribution < 1.29 is 4.74 Å². The first-order valence-electron chi connectivity index (χ1n) is 6.44. The number of hydrogen-bond donors (Lipinski definition) is 1. The van der Waals surface area contributed by atoms with Crippen LogP contribution in [0.5, 0.6) is 0 Å². The Kier molecular flexibility index (Phi) is 4.54. The minimum atomic E-state index is 0.517. The molecule has 0 amide bonds. The average molecular weight is 254 g/mol. The number of nitrogens with one attached hydrogen (secondary N) is 1. The van der Waals surface area contributed by atoms with Gasteiger partial charge in [-0.05, 0) is 25.8 Å². The molecule has 1 aromatic heterocycles. The molecule has 2 rings (SSSR count). The molecule has 17 heavy (non-hydrogen) atoms. The van der Waals surface area contributed by atoms with Crippen LogP contribution in [0.3, 0.4) is 0 Å². The van der Waals surface area contributed by atoms with Gasteiger partial charge >= 0.3 is 0 Å². The van der Waals surface area contributed by atoms with Crippen LogP contribution in [0, 0.1) is 0 Å². The van der Waals surface area contributed by atoms with Crippen molar-refractivity contribution >= 4 is 11.3 Å². The van der Waals surface area contributed by atoms with Crippen molar-refractivity contribution in [1.82, 2.24) is 10.3 Å². The van der Waals surface area contributed by atoms with E-state index >= 15 is 0 Å². The lowest BCUT2D eigenvalue weighted by Gasteiger charge is -2.19. The van der Waals surface area contributed by atoms with Gasteiger partial charge in [0.2, 0.25) is 0 Å². The zero-order valence-corrected chi connectivity index (χ0v) is 11.8. The molecule has 0 radical (unpaired) electrons. The van der Waals surface area contributed by atoms with Gasteiger partial charge in [0.05, 0.1) is 10.7 Å². The van der Waals surface area contributed by atoms with E-state index in [1.54, 1.807) is 0 Å². The van der Waals surface area contributed by atoms with Crippen LogP contribution in [0.15, 0.2) is 0 Å². The third-order valence-corrected chi connectivity index (χ3v) is 4.43. The van der Waals surface area contributed by atoms with Crippen molar-refractivity contribution in [1.29, 1.82) is 0 Å². The smallest absolute Gasteiger partial charge is 0.0964 e. The molecule has 0 saturated carbocycles. The van der Waals surface area contributed by atoms with Gasteiger partial charge in [0.25, 0.3) is 0 Å². The van der Waals surface area contributed by atoms with E-state index < -0.39 is 0 Å². The van der Waals surface area contributed by atoms with Gasteiger partial charge in [0.1, 0.15) is 0 Å². The Morgan fingerprint density at radius 3 is 2.71 bits per heavy atom. The zero-order valence-electron chi connectivity index (χ0n) is 11.0. The third kappa shape index (κ3) is 3.06. The van der Waals surface area contributed by atoms with Crippen LogP contribution in [0.25, 0.3) is 0 Å². The number of aromatic nitrogens is 1. The molecule has 1 aliphatic rings. The monoisotopic (exact) mass is 254 g/mol. The van der Waals surface area contributed by atoms with Crippen molar-refractivity contribution in [3.63, 3.8) is 0 Å². The van der Waals surface area contributed by atoms with Crippen LogP contribution >= 0.6 is 11.3 Å². The highest BCUT2D eigenvalue weighted by atomic mass is 32.1. The molecule has 1 aliphatic heterocycles. The summed E-state index contributed by atoms with van der Waals surface area (Å²) in [5, 5.41) is 4.56. The van der Waals surface area contributed by atoms with Crippen molar-refractivity contribution in [2.24, 2.45) is 0 Å². The van der Waals surface area contributed by atoms with E-state index in [-0.39, 0.29) is 0 Å². The van der Waals surface area contributed by atoms with E-state index in [0.29, 0.717) is 11.8 Å².